The van der Waals surface area contributed by atoms with E-state index in [0.29, 0.717) is 13.0 Å². The lowest BCUT2D eigenvalue weighted by atomic mass is 10.2. The zero-order chi connectivity index (χ0) is 11.3. The van der Waals surface area contributed by atoms with Gasteiger partial charge in [0.2, 0.25) is 0 Å². The lowest BCUT2D eigenvalue weighted by Crippen LogP contribution is -2.43. The van der Waals surface area contributed by atoms with Gasteiger partial charge in [-0.15, -0.1) is 0 Å². The molecule has 0 bridgehead atoms. The number of nitrogens with two attached hydrogens (primary N) is 1. The van der Waals surface area contributed by atoms with Gasteiger partial charge in [-0.3, -0.25) is 10.7 Å². The summed E-state index contributed by atoms with van der Waals surface area (Å²) in [7, 11) is 0. The molecule has 0 radical (unpaired) electrons. The van der Waals surface area contributed by atoms with Gasteiger partial charge in [-0.2, -0.15) is 0 Å². The number of aryl methyl sites for hydroxylation is 1. The monoisotopic (exact) mass is 210 g/mol. The Hall–Kier alpha value is -2.05. The highest BCUT2D eigenvalue weighted by Gasteiger charge is 2.02. The summed E-state index contributed by atoms with van der Waals surface area (Å²) in [4.78, 5) is 17.4. The molecule has 0 saturated heterocycles. The van der Waals surface area contributed by atoms with Crippen molar-refractivity contribution >= 4 is 12.0 Å². The summed E-state index contributed by atoms with van der Waals surface area (Å²) >= 11 is 0. The molecule has 0 saturated carbocycles. The number of hydrogen-bond acceptors (Lipinski definition) is 3. The Labute approximate surface area is 87.0 Å². The second kappa shape index (κ2) is 4.99. The lowest BCUT2D eigenvalue weighted by Gasteiger charge is -2.06. The molecule has 82 valence electrons. The van der Waals surface area contributed by atoms with Gasteiger partial charge in [-0.1, -0.05) is 0 Å². The standard InChI is InChI=1S/C8H14N6O/c1-5-6(13-4-12-5)2-3-11-7(9)14-8(10)15/h4H,2-3H2,1H3,(H,12,13)(H5,9,10,11,14,15). The van der Waals surface area contributed by atoms with E-state index in [1.54, 1.807) is 6.33 Å². The molecule has 0 unspecified atom stereocenters. The number of urea groups is 1. The number of aromatic amines is 1. The molecule has 0 spiro atoms. The van der Waals surface area contributed by atoms with E-state index in [1.807, 2.05) is 6.92 Å². The van der Waals surface area contributed by atoms with Crippen molar-refractivity contribution < 1.29 is 4.79 Å². The maximum absolute atomic E-state index is 10.4. The van der Waals surface area contributed by atoms with Crippen molar-refractivity contribution in [2.24, 2.45) is 5.73 Å². The van der Waals surface area contributed by atoms with E-state index in [-0.39, 0.29) is 5.96 Å². The summed E-state index contributed by atoms with van der Waals surface area (Å²) in [5, 5.41) is 12.1. The molecular formula is C8H14N6O. The van der Waals surface area contributed by atoms with Crippen LogP contribution in [0.2, 0.25) is 0 Å². The van der Waals surface area contributed by atoms with Gasteiger partial charge in [-0.25, -0.2) is 9.78 Å². The zero-order valence-electron chi connectivity index (χ0n) is 8.42. The number of nitrogens with zero attached hydrogens (tertiary/aromatic N) is 1. The van der Waals surface area contributed by atoms with Gasteiger partial charge < -0.3 is 16.0 Å². The third-order valence-corrected chi connectivity index (χ3v) is 1.85. The number of carbonyl (C=O) groups excluding carboxylic acids is 1. The predicted molar refractivity (Wildman–Crippen MR) is 55.5 cm³/mol. The Morgan fingerprint density at radius 1 is 1.73 bits per heavy atom. The van der Waals surface area contributed by atoms with Crippen LogP contribution in [0, 0.1) is 12.3 Å². The van der Waals surface area contributed by atoms with E-state index in [0.717, 1.165) is 11.4 Å². The van der Waals surface area contributed by atoms with Crippen LogP contribution >= 0.6 is 0 Å². The average Bonchev–Trinajstić information content (AvgIpc) is 2.50. The highest BCUT2D eigenvalue weighted by Crippen LogP contribution is 1.99. The molecule has 0 aliphatic heterocycles. The Bertz CT molecular complexity index is 358. The van der Waals surface area contributed by atoms with Crippen molar-refractivity contribution in [3.8, 4) is 0 Å². The molecule has 7 nitrogen and oxygen atoms in total. The van der Waals surface area contributed by atoms with Crippen LogP contribution in [0.1, 0.15) is 11.4 Å². The van der Waals surface area contributed by atoms with Crippen molar-refractivity contribution in [2.45, 2.75) is 13.3 Å². The van der Waals surface area contributed by atoms with Gasteiger partial charge in [0.15, 0.2) is 5.96 Å². The quantitative estimate of drug-likeness (QED) is 0.340. The number of rotatable bonds is 3. The predicted octanol–water partition coefficient (Wildman–Crippen LogP) is -0.547. The van der Waals surface area contributed by atoms with Gasteiger partial charge in [0.25, 0.3) is 0 Å². The minimum atomic E-state index is -0.747. The van der Waals surface area contributed by atoms with Crippen molar-refractivity contribution in [2.75, 3.05) is 6.54 Å². The molecule has 1 heterocycles. The third kappa shape index (κ3) is 3.67. The van der Waals surface area contributed by atoms with Crippen LogP contribution in [0.4, 0.5) is 4.79 Å². The van der Waals surface area contributed by atoms with E-state index >= 15 is 0 Å². The second-order valence-electron chi connectivity index (χ2n) is 3.02. The molecule has 1 aromatic rings. The molecule has 0 aromatic carbocycles. The molecule has 0 fully saturated rings. The number of guanidine groups is 1. The fourth-order valence-corrected chi connectivity index (χ4v) is 1.11. The minimum absolute atomic E-state index is 0.101. The number of nitrogens with one attached hydrogen (secondary N) is 4. The third-order valence-electron chi connectivity index (χ3n) is 1.85. The van der Waals surface area contributed by atoms with Gasteiger partial charge in [0.1, 0.15) is 0 Å². The molecule has 0 aliphatic carbocycles. The fraction of sp³-hybridized carbons (Fsp3) is 0.375. The van der Waals surface area contributed by atoms with E-state index in [2.05, 4.69) is 20.6 Å². The first kappa shape index (κ1) is 11.0. The second-order valence-corrected chi connectivity index (χ2v) is 3.02. The fourth-order valence-electron chi connectivity index (χ4n) is 1.11. The first-order chi connectivity index (χ1) is 7.09. The minimum Gasteiger partial charge on any atom is -0.356 e. The number of H-pyrrole nitrogens is 1. The number of primary amides is 1. The van der Waals surface area contributed by atoms with Crippen molar-refractivity contribution in [3.05, 3.63) is 17.7 Å². The van der Waals surface area contributed by atoms with Crippen LogP contribution in [0.3, 0.4) is 0 Å². The highest BCUT2D eigenvalue weighted by atomic mass is 16.2. The van der Waals surface area contributed by atoms with Gasteiger partial charge in [0.05, 0.1) is 12.0 Å². The summed E-state index contributed by atoms with van der Waals surface area (Å²) in [6, 6.07) is -0.747. The SMILES string of the molecule is Cc1[nH]cnc1CCNC(=N)NC(N)=O. The largest absolute Gasteiger partial charge is 0.356 e. The van der Waals surface area contributed by atoms with Crippen molar-refractivity contribution in [3.63, 3.8) is 0 Å². The Kier molecular flexibility index (Phi) is 3.67. The highest BCUT2D eigenvalue weighted by molar-refractivity contribution is 5.93. The number of imidazole rings is 1. The van der Waals surface area contributed by atoms with Gasteiger partial charge in [0, 0.05) is 18.7 Å². The molecule has 1 rings (SSSR count). The van der Waals surface area contributed by atoms with E-state index in [9.17, 15) is 4.79 Å². The molecular weight excluding hydrogens is 196 g/mol. The van der Waals surface area contributed by atoms with Crippen LogP contribution in [0.5, 0.6) is 0 Å². The first-order valence-corrected chi connectivity index (χ1v) is 4.47. The Morgan fingerprint density at radius 3 is 3.00 bits per heavy atom. The maximum atomic E-state index is 10.4. The van der Waals surface area contributed by atoms with Gasteiger partial charge >= 0.3 is 6.03 Å². The van der Waals surface area contributed by atoms with Gasteiger partial charge in [-0.05, 0) is 6.92 Å². The summed E-state index contributed by atoms with van der Waals surface area (Å²) in [5.41, 5.74) is 6.78. The van der Waals surface area contributed by atoms with Crippen molar-refractivity contribution in [1.29, 1.82) is 5.41 Å². The average molecular weight is 210 g/mol. The molecule has 0 atom stereocenters. The summed E-state index contributed by atoms with van der Waals surface area (Å²) in [6.07, 6.45) is 2.30. The molecule has 2 amide bonds. The molecule has 7 heteroatoms. The Morgan fingerprint density at radius 2 is 2.47 bits per heavy atom. The number of aromatic nitrogens is 2. The van der Waals surface area contributed by atoms with E-state index in [1.165, 1.54) is 0 Å². The van der Waals surface area contributed by atoms with Crippen LogP contribution in [-0.2, 0) is 6.42 Å². The van der Waals surface area contributed by atoms with Crippen molar-refractivity contribution in [1.82, 2.24) is 20.6 Å². The van der Waals surface area contributed by atoms with Crippen LogP contribution in [0.25, 0.3) is 0 Å². The zero-order valence-corrected chi connectivity index (χ0v) is 8.42. The number of carbonyl (C=O) groups is 1. The van der Waals surface area contributed by atoms with E-state index in [4.69, 9.17) is 11.1 Å². The smallest absolute Gasteiger partial charge is 0.318 e. The van der Waals surface area contributed by atoms with Crippen LogP contribution in [0.15, 0.2) is 6.33 Å². The summed E-state index contributed by atoms with van der Waals surface area (Å²) in [5.74, 6) is -0.101. The van der Waals surface area contributed by atoms with E-state index < -0.39 is 6.03 Å². The van der Waals surface area contributed by atoms with Crippen LogP contribution < -0.4 is 16.4 Å². The normalized spacial score (nSPS) is 9.67. The molecule has 6 N–H and O–H groups in total. The van der Waals surface area contributed by atoms with Crippen LogP contribution in [-0.4, -0.2) is 28.5 Å². The molecule has 0 aliphatic rings. The first-order valence-electron chi connectivity index (χ1n) is 4.47. The molecule has 1 aromatic heterocycles. The maximum Gasteiger partial charge on any atom is 0.318 e. The molecule has 15 heavy (non-hydrogen) atoms. The summed E-state index contributed by atoms with van der Waals surface area (Å²) in [6.45, 7) is 2.44. The number of amides is 2. The lowest BCUT2D eigenvalue weighted by molar-refractivity contribution is 0.253. The number of hydrogen-bond donors (Lipinski definition) is 5. The Balaban J connectivity index is 2.25. The summed E-state index contributed by atoms with van der Waals surface area (Å²) < 4.78 is 0. The topological polar surface area (TPSA) is 120 Å².